The predicted molar refractivity (Wildman–Crippen MR) is 543 cm³/mol. The van der Waals surface area contributed by atoms with Crippen molar-refractivity contribution in [2.24, 2.45) is 25.9 Å². The van der Waals surface area contributed by atoms with Gasteiger partial charge < -0.3 is 29.4 Å². The van der Waals surface area contributed by atoms with Crippen molar-refractivity contribution in [2.75, 3.05) is 131 Å². The van der Waals surface area contributed by atoms with Crippen LogP contribution >= 0.6 is 110 Å². The summed E-state index contributed by atoms with van der Waals surface area (Å²) in [6, 6.07) is 40.2. The van der Waals surface area contributed by atoms with Crippen LogP contribution in [-0.2, 0) is 107 Å². The summed E-state index contributed by atoms with van der Waals surface area (Å²) in [5, 5.41) is 46.7. The Morgan fingerprint density at radius 2 is 0.521 bits per heavy atom. The molecule has 6 aliphatic heterocycles. The summed E-state index contributed by atoms with van der Waals surface area (Å²) >= 11 is 39.5. The van der Waals surface area contributed by atoms with Crippen LogP contribution in [0.25, 0.3) is 0 Å². The van der Waals surface area contributed by atoms with Gasteiger partial charge in [0.25, 0.3) is 22.8 Å². The number of piperidine rings is 2. The first-order valence-corrected chi connectivity index (χ1v) is 53.4. The van der Waals surface area contributed by atoms with E-state index in [4.69, 9.17) is 46.4 Å². The highest BCUT2D eigenvalue weighted by Crippen LogP contribution is 2.44. The van der Waals surface area contributed by atoms with Crippen molar-refractivity contribution in [2.45, 2.75) is 141 Å². The van der Waals surface area contributed by atoms with Crippen LogP contribution in [0.1, 0.15) is 177 Å². The van der Waals surface area contributed by atoms with Gasteiger partial charge in [-0.3, -0.25) is 69.2 Å². The van der Waals surface area contributed by atoms with E-state index in [9.17, 15) is 49.6 Å². The number of halogens is 8. The Balaban J connectivity index is 0.000000129. The summed E-state index contributed by atoms with van der Waals surface area (Å²) in [7, 11) is 3.94. The van der Waals surface area contributed by atoms with Crippen LogP contribution in [-0.4, -0.2) is 236 Å². The van der Waals surface area contributed by atoms with E-state index in [-0.39, 0.29) is 59.6 Å². The number of piperazine rings is 4. The standard InChI is InChI=1S/2C27H33BrClN4O3.2C26H28BrClN4O2/c2*1-18(34)30-8-6-19(7-9-30)14-25(35)31-10-12-32(13-11-31)27-24-5-4-23(29)16-20(24)2-3-21-15-22(28)17-33(36)26(21)27;2*1-29-8-6-18(7-9-29)14-24(33)30-10-12-31(13-11-30)26-23-5-4-22(28)16-19(23)2-3-20-15-21(27)17-32(34)25(20)26/h2*4-5,15-17,19,27,36H,2-3,6-14H2,1H3;2*4-9,15-17,26,34H,2-3,10-14H2,1H3/q2*+1;2*+2/t2*27-;2*26-/m1010/s1. The number of fused-ring (bicyclic) bond motifs is 8. The number of benzene rings is 4. The van der Waals surface area contributed by atoms with Crippen LogP contribution < -0.4 is 28.1 Å². The van der Waals surface area contributed by atoms with Crippen LogP contribution in [0.3, 0.4) is 0 Å². The highest BCUT2D eigenvalue weighted by Gasteiger charge is 2.46. The van der Waals surface area contributed by atoms with Gasteiger partial charge in [0.05, 0.1) is 30.7 Å². The molecule has 140 heavy (non-hydrogen) atoms. The van der Waals surface area contributed by atoms with Crippen LogP contribution in [0.5, 0.6) is 0 Å². The molecule has 10 aromatic rings. The molecule has 20 rings (SSSR count). The SMILES string of the molecule is CC(=O)N1CCC(CC(=O)N2CCN([C@@H]3c4ccc(Cl)cc4CCc4cc(Br)c[n+](O)c43)CC2)CC1.CC(=O)N1CCC(CC(=O)N2CCN([C@H]3c4ccc(Cl)cc4CCc4cc(Br)c[n+](O)c43)CC2)CC1.C[n+]1ccc(CC(=O)N2CCN([C@@H]3c4ccc(Cl)cc4CCc4cc(Br)c[n+](O)c43)CC2)cc1.C[n+]1ccc(CC(=O)N2CCN([C@H]3c4ccc(Cl)cc4CCc4cc(Br)c[n+](O)c43)CC2)cc1. The van der Waals surface area contributed by atoms with E-state index in [1.165, 1.54) is 63.4 Å². The third kappa shape index (κ3) is 24.2. The fourth-order valence-electron chi connectivity index (χ4n) is 22.3. The molecule has 6 saturated heterocycles. The Hall–Kier alpha value is -9.28. The van der Waals surface area contributed by atoms with Crippen molar-refractivity contribution >= 4 is 146 Å². The first kappa shape index (κ1) is 102. The molecule has 0 radical (unpaired) electrons. The van der Waals surface area contributed by atoms with Gasteiger partial charge in [-0.25, -0.2) is 9.13 Å². The van der Waals surface area contributed by atoms with E-state index >= 15 is 0 Å². The highest BCUT2D eigenvalue weighted by molar-refractivity contribution is 9.11. The van der Waals surface area contributed by atoms with Gasteiger partial charge in [-0.15, -0.1) is 0 Å². The molecule has 6 aromatic heterocycles. The fraction of sp³-hybridized carbons (Fsp3) is 0.434. The quantitative estimate of drug-likeness (QED) is 0.0657. The Morgan fingerprint density at radius 3 is 0.750 bits per heavy atom. The largest absolute Gasteiger partial charge is 0.343 e. The van der Waals surface area contributed by atoms with Gasteiger partial charge in [-0.1, -0.05) is 70.7 Å². The first-order chi connectivity index (χ1) is 67.4. The predicted octanol–water partition coefficient (Wildman–Crippen LogP) is 13.3. The molecule has 0 bridgehead atoms. The van der Waals surface area contributed by atoms with Crippen LogP contribution in [0, 0.1) is 11.8 Å². The molecule has 4 N–H and O–H groups in total. The average molecular weight is 2240 g/mol. The number of rotatable bonds is 12. The van der Waals surface area contributed by atoms with Crippen molar-refractivity contribution in [1.29, 1.82) is 0 Å². The van der Waals surface area contributed by atoms with Crippen LogP contribution in [0.2, 0.25) is 20.1 Å². The molecule has 736 valence electrons. The molecule has 0 unspecified atom stereocenters. The minimum Gasteiger partial charge on any atom is -0.343 e. The summed E-state index contributed by atoms with van der Waals surface area (Å²) in [5.41, 5.74) is 19.6. The Labute approximate surface area is 872 Å². The van der Waals surface area contributed by atoms with Crippen molar-refractivity contribution in [3.8, 4) is 0 Å². The van der Waals surface area contributed by atoms with Gasteiger partial charge in [0.15, 0.2) is 24.8 Å². The topological polar surface area (TPSA) is 239 Å². The number of pyridine rings is 6. The number of amides is 6. The maximum Gasteiger partial charge on any atom is 0.258 e. The Kier molecular flexibility index (Phi) is 33.4. The smallest absolute Gasteiger partial charge is 0.258 e. The Bertz CT molecular complexity index is 5890. The number of likely N-dealkylation sites (tertiary alicyclic amines) is 2. The number of carbonyl (C=O) groups excluding carboxylic acids is 6. The lowest BCUT2D eigenvalue weighted by Gasteiger charge is -2.39. The van der Waals surface area contributed by atoms with Crippen molar-refractivity contribution < 1.29 is 77.7 Å². The zero-order chi connectivity index (χ0) is 98.4. The van der Waals surface area contributed by atoms with Gasteiger partial charge in [0.2, 0.25) is 60.2 Å². The molecule has 4 atom stereocenters. The maximum absolute atomic E-state index is 13.1. The fourth-order valence-corrected chi connectivity index (χ4v) is 24.9. The summed E-state index contributed by atoms with van der Waals surface area (Å²) in [4.78, 5) is 96.5. The van der Waals surface area contributed by atoms with E-state index in [0.29, 0.717) is 89.9 Å². The minimum atomic E-state index is -0.110. The molecule has 6 fully saturated rings. The number of carbonyl (C=O) groups is 6. The van der Waals surface area contributed by atoms with Gasteiger partial charge >= 0.3 is 0 Å². The van der Waals surface area contributed by atoms with Gasteiger partial charge in [-0.2, -0.15) is 0 Å². The number of hydrogen-bond donors (Lipinski definition) is 4. The van der Waals surface area contributed by atoms with E-state index in [1.807, 2.05) is 150 Å². The van der Waals surface area contributed by atoms with E-state index in [0.717, 1.165) is 250 Å². The number of aryl methyl sites for hydroxylation is 10. The Morgan fingerprint density at radius 1 is 0.300 bits per heavy atom. The van der Waals surface area contributed by atoms with E-state index < -0.39 is 0 Å². The molecule has 26 nitrogen and oxygen atoms in total. The molecule has 34 heteroatoms. The molecule has 4 aromatic carbocycles. The highest BCUT2D eigenvalue weighted by atomic mass is 79.9. The lowest BCUT2D eigenvalue weighted by atomic mass is 9.92. The summed E-state index contributed by atoms with van der Waals surface area (Å²) < 4.78 is 12.4. The molecule has 4 aliphatic carbocycles. The minimum absolute atomic E-state index is 0.103. The first-order valence-electron chi connectivity index (χ1n) is 48.7. The van der Waals surface area contributed by atoms with Crippen molar-refractivity contribution in [3.63, 3.8) is 0 Å². The number of nitrogens with zero attached hydrogens (tertiary/aromatic N) is 16. The molecule has 0 saturated carbocycles. The number of hydrogen-bond acceptors (Lipinski definition) is 14. The zero-order valence-corrected chi connectivity index (χ0v) is 88.9. The molecular weight excluding hydrogens is 2120 g/mol. The summed E-state index contributed by atoms with van der Waals surface area (Å²) in [6.45, 7) is 17.4. The van der Waals surface area contributed by atoms with Crippen LogP contribution in [0.15, 0.2) is 189 Å². The van der Waals surface area contributed by atoms with Crippen molar-refractivity contribution in [1.82, 2.24) is 49.0 Å². The average Bonchev–Trinajstić information content (AvgIpc) is 1.58. The molecule has 10 aliphatic rings. The van der Waals surface area contributed by atoms with Crippen LogP contribution in [0.4, 0.5) is 0 Å². The zero-order valence-electron chi connectivity index (χ0n) is 79.5. The number of aromatic nitrogens is 6. The second kappa shape index (κ2) is 45.8. The summed E-state index contributed by atoms with van der Waals surface area (Å²) in [5.74, 6) is 1.68. The molecule has 12 heterocycles. The van der Waals surface area contributed by atoms with E-state index in [2.05, 4.69) is 132 Å². The van der Waals surface area contributed by atoms with Gasteiger partial charge in [0.1, 0.15) is 38.3 Å². The van der Waals surface area contributed by atoms with Gasteiger partial charge in [0, 0.05) is 243 Å². The normalized spacial score (nSPS) is 19.7. The van der Waals surface area contributed by atoms with Crippen molar-refractivity contribution in [3.05, 3.63) is 310 Å². The monoisotopic (exact) mass is 2230 g/mol. The third-order valence-electron chi connectivity index (χ3n) is 29.8. The molecule has 0 spiro atoms. The van der Waals surface area contributed by atoms with Gasteiger partial charge in [-0.05, 0) is 281 Å². The molecular formula is C106H122Br4Cl4N16O10+6. The van der Waals surface area contributed by atoms with E-state index in [1.54, 1.807) is 38.6 Å². The maximum atomic E-state index is 13.1. The lowest BCUT2D eigenvalue weighted by Crippen LogP contribution is -2.52. The lowest BCUT2D eigenvalue weighted by molar-refractivity contribution is -0.911. The molecule has 6 amide bonds. The summed E-state index contributed by atoms with van der Waals surface area (Å²) in [6.07, 6.45) is 27.0. The second-order valence-corrected chi connectivity index (χ2v) is 44.1. The second-order valence-electron chi connectivity index (χ2n) is 38.7. The third-order valence-corrected chi connectivity index (χ3v) is 32.5.